The first-order valence-electron chi connectivity index (χ1n) is 10.7. The van der Waals surface area contributed by atoms with Crippen molar-refractivity contribution in [1.29, 1.82) is 0 Å². The average molecular weight is 418 g/mol. The van der Waals surface area contributed by atoms with E-state index in [0.29, 0.717) is 38.4 Å². The molecule has 8 heteroatoms. The molecule has 2 amide bonds. The molecule has 8 nitrogen and oxygen atoms in total. The van der Waals surface area contributed by atoms with Crippen LogP contribution in [-0.2, 0) is 16.0 Å². The first-order chi connectivity index (χ1) is 14.3. The molecule has 1 heterocycles. The first-order valence-corrected chi connectivity index (χ1v) is 10.7. The molecular formula is C22H35N5O3. The third-order valence-electron chi connectivity index (χ3n) is 4.44. The van der Waals surface area contributed by atoms with E-state index in [1.54, 1.807) is 0 Å². The molecule has 0 fully saturated rings. The van der Waals surface area contributed by atoms with Crippen molar-refractivity contribution in [2.75, 3.05) is 37.6 Å². The van der Waals surface area contributed by atoms with Crippen LogP contribution in [0.2, 0.25) is 0 Å². The Balaban J connectivity index is 1.69. The summed E-state index contributed by atoms with van der Waals surface area (Å²) in [6.07, 6.45) is 1.64. The lowest BCUT2D eigenvalue weighted by Crippen LogP contribution is -2.42. The topological polar surface area (TPSA) is 95.1 Å². The van der Waals surface area contributed by atoms with Gasteiger partial charge in [0.2, 0.25) is 5.91 Å². The number of anilines is 1. The zero-order chi connectivity index (χ0) is 22.0. The largest absolute Gasteiger partial charge is 0.444 e. The smallest absolute Gasteiger partial charge is 0.407 e. The van der Waals surface area contributed by atoms with Gasteiger partial charge in [-0.05, 0) is 52.2 Å². The van der Waals surface area contributed by atoms with Crippen molar-refractivity contribution in [2.45, 2.75) is 52.6 Å². The summed E-state index contributed by atoms with van der Waals surface area (Å²) in [5.74, 6) is 0.817. The van der Waals surface area contributed by atoms with Gasteiger partial charge in [-0.15, -0.1) is 0 Å². The summed E-state index contributed by atoms with van der Waals surface area (Å²) < 4.78 is 5.20. The zero-order valence-electron chi connectivity index (χ0n) is 18.6. The standard InChI is InChI=1S/C22H35N5O3/c1-5-23-20(25-14-15-26-21(29)30-22(2,3)4)24-13-8-11-19(28)27-16-12-17-9-6-7-10-18(17)27/h6-7,9-10H,5,8,11-16H2,1-4H3,(H,26,29)(H2,23,24,25). The number of hydrogen-bond acceptors (Lipinski definition) is 4. The molecule has 2 rings (SSSR count). The normalized spacial score (nSPS) is 13.6. The molecule has 0 bridgehead atoms. The second kappa shape index (κ2) is 11.4. The summed E-state index contributed by atoms with van der Waals surface area (Å²) in [4.78, 5) is 30.6. The molecule has 0 aliphatic carbocycles. The Morgan fingerprint density at radius 1 is 1.13 bits per heavy atom. The summed E-state index contributed by atoms with van der Waals surface area (Å²) in [5.41, 5.74) is 1.77. The van der Waals surface area contributed by atoms with E-state index in [2.05, 4.69) is 27.0 Å². The van der Waals surface area contributed by atoms with Crippen LogP contribution < -0.4 is 20.9 Å². The van der Waals surface area contributed by atoms with Gasteiger partial charge in [-0.25, -0.2) is 4.79 Å². The molecule has 0 atom stereocenters. The van der Waals surface area contributed by atoms with Gasteiger partial charge in [-0.3, -0.25) is 9.79 Å². The van der Waals surface area contributed by atoms with Gasteiger partial charge in [0.25, 0.3) is 0 Å². The fraction of sp³-hybridized carbons (Fsp3) is 0.591. The fourth-order valence-corrected chi connectivity index (χ4v) is 3.15. The predicted molar refractivity (Wildman–Crippen MR) is 120 cm³/mol. The van der Waals surface area contributed by atoms with Crippen molar-refractivity contribution in [1.82, 2.24) is 16.0 Å². The van der Waals surface area contributed by atoms with E-state index in [1.807, 2.05) is 50.8 Å². The van der Waals surface area contributed by atoms with Gasteiger partial charge >= 0.3 is 6.09 Å². The lowest BCUT2D eigenvalue weighted by Gasteiger charge is -2.20. The molecule has 0 unspecified atom stereocenters. The van der Waals surface area contributed by atoms with Gasteiger partial charge in [-0.1, -0.05) is 18.2 Å². The number of rotatable bonds is 8. The number of carbonyl (C=O) groups excluding carboxylic acids is 2. The van der Waals surface area contributed by atoms with Crippen molar-refractivity contribution in [3.63, 3.8) is 0 Å². The Morgan fingerprint density at radius 2 is 1.87 bits per heavy atom. The molecule has 0 aromatic heterocycles. The molecule has 0 saturated carbocycles. The summed E-state index contributed by atoms with van der Waals surface area (Å²) in [6, 6.07) is 8.08. The number of carbonyl (C=O) groups is 2. The monoisotopic (exact) mass is 417 g/mol. The third-order valence-corrected chi connectivity index (χ3v) is 4.44. The van der Waals surface area contributed by atoms with Crippen LogP contribution in [0.3, 0.4) is 0 Å². The fourth-order valence-electron chi connectivity index (χ4n) is 3.15. The number of hydrogen-bond donors (Lipinski definition) is 3. The minimum absolute atomic E-state index is 0.148. The molecule has 30 heavy (non-hydrogen) atoms. The zero-order valence-corrected chi connectivity index (χ0v) is 18.6. The lowest BCUT2D eigenvalue weighted by molar-refractivity contribution is -0.118. The first kappa shape index (κ1) is 23.5. The number of aliphatic imine (C=N–C) groups is 1. The van der Waals surface area contributed by atoms with E-state index >= 15 is 0 Å². The maximum Gasteiger partial charge on any atom is 0.407 e. The minimum Gasteiger partial charge on any atom is -0.444 e. The lowest BCUT2D eigenvalue weighted by atomic mass is 10.2. The van der Waals surface area contributed by atoms with Crippen LogP contribution in [0.4, 0.5) is 10.5 Å². The van der Waals surface area contributed by atoms with E-state index in [0.717, 1.165) is 25.2 Å². The number of guanidine groups is 1. The molecule has 166 valence electrons. The van der Waals surface area contributed by atoms with Gasteiger partial charge < -0.3 is 25.6 Å². The van der Waals surface area contributed by atoms with E-state index in [-0.39, 0.29) is 5.91 Å². The number of nitrogens with one attached hydrogen (secondary N) is 3. The van der Waals surface area contributed by atoms with Crippen molar-refractivity contribution in [2.24, 2.45) is 4.99 Å². The van der Waals surface area contributed by atoms with Crippen LogP contribution in [-0.4, -0.2) is 56.3 Å². The quantitative estimate of drug-likeness (QED) is 0.343. The maximum absolute atomic E-state index is 12.5. The molecule has 1 aliphatic rings. The number of ether oxygens (including phenoxy) is 1. The van der Waals surface area contributed by atoms with Crippen molar-refractivity contribution < 1.29 is 14.3 Å². The second-order valence-electron chi connectivity index (χ2n) is 8.14. The number of amides is 2. The van der Waals surface area contributed by atoms with Crippen LogP contribution in [0.25, 0.3) is 0 Å². The summed E-state index contributed by atoms with van der Waals surface area (Å²) in [7, 11) is 0. The van der Waals surface area contributed by atoms with Crippen LogP contribution >= 0.6 is 0 Å². The Hall–Kier alpha value is -2.77. The van der Waals surface area contributed by atoms with Crippen molar-refractivity contribution >= 4 is 23.6 Å². The average Bonchev–Trinajstić information content (AvgIpc) is 3.11. The van der Waals surface area contributed by atoms with Gasteiger partial charge in [0.15, 0.2) is 5.96 Å². The molecule has 1 aromatic carbocycles. The van der Waals surface area contributed by atoms with E-state index in [9.17, 15) is 9.59 Å². The summed E-state index contributed by atoms with van der Waals surface area (Å²) in [5, 5.41) is 9.03. The number of para-hydroxylation sites is 1. The van der Waals surface area contributed by atoms with Crippen LogP contribution in [0.1, 0.15) is 46.1 Å². The molecular weight excluding hydrogens is 382 g/mol. The highest BCUT2D eigenvalue weighted by atomic mass is 16.6. The van der Waals surface area contributed by atoms with Gasteiger partial charge in [-0.2, -0.15) is 0 Å². The van der Waals surface area contributed by atoms with Gasteiger partial charge in [0.1, 0.15) is 5.60 Å². The van der Waals surface area contributed by atoms with E-state index < -0.39 is 11.7 Å². The van der Waals surface area contributed by atoms with Crippen molar-refractivity contribution in [3.8, 4) is 0 Å². The Labute approximate surface area is 179 Å². The highest BCUT2D eigenvalue weighted by Gasteiger charge is 2.23. The molecule has 3 N–H and O–H groups in total. The highest BCUT2D eigenvalue weighted by molar-refractivity contribution is 5.95. The summed E-state index contributed by atoms with van der Waals surface area (Å²) >= 11 is 0. The highest BCUT2D eigenvalue weighted by Crippen LogP contribution is 2.27. The van der Waals surface area contributed by atoms with Crippen LogP contribution in [0, 0.1) is 0 Å². The Bertz CT molecular complexity index is 743. The Kier molecular flexibility index (Phi) is 8.95. The van der Waals surface area contributed by atoms with Gasteiger partial charge in [0.05, 0.1) is 0 Å². The maximum atomic E-state index is 12.5. The summed E-state index contributed by atoms with van der Waals surface area (Å²) in [6.45, 7) is 10.5. The Morgan fingerprint density at radius 3 is 2.60 bits per heavy atom. The molecule has 0 radical (unpaired) electrons. The molecule has 1 aliphatic heterocycles. The van der Waals surface area contributed by atoms with Crippen molar-refractivity contribution in [3.05, 3.63) is 29.8 Å². The van der Waals surface area contributed by atoms with E-state index in [1.165, 1.54) is 5.56 Å². The third kappa shape index (κ3) is 7.93. The van der Waals surface area contributed by atoms with E-state index in [4.69, 9.17) is 4.74 Å². The number of fused-ring (bicyclic) bond motifs is 1. The number of alkyl carbamates (subject to hydrolysis) is 1. The SMILES string of the molecule is CCNC(=NCCCC(=O)N1CCc2ccccc21)NCCNC(=O)OC(C)(C)C. The number of benzene rings is 1. The second-order valence-corrected chi connectivity index (χ2v) is 8.14. The van der Waals surface area contributed by atoms with Gasteiger partial charge in [0, 0.05) is 44.8 Å². The predicted octanol–water partition coefficient (Wildman–Crippen LogP) is 2.44. The minimum atomic E-state index is -0.511. The molecule has 0 spiro atoms. The van der Waals surface area contributed by atoms with Crippen LogP contribution in [0.15, 0.2) is 29.3 Å². The molecule has 1 aromatic rings. The molecule has 0 saturated heterocycles. The number of nitrogens with zero attached hydrogens (tertiary/aromatic N) is 2. The van der Waals surface area contributed by atoms with Crippen LogP contribution in [0.5, 0.6) is 0 Å².